The molecule has 0 unspecified atom stereocenters. The number of amides is 2. The number of benzene rings is 2. The standard InChI is InChI=1S/C18H20FN3O4S/c1-20-18(24)14-8-6-13(7-9-14)12-22(2)17(23)11-21-27(25,26)16-5-3-4-15(19)10-16/h3-10,21H,11-12H2,1-2H3,(H,20,24). The fraction of sp³-hybridized carbons (Fsp3) is 0.222. The van der Waals surface area contributed by atoms with Gasteiger partial charge < -0.3 is 10.2 Å². The zero-order valence-corrected chi connectivity index (χ0v) is 15.7. The number of sulfonamides is 1. The summed E-state index contributed by atoms with van der Waals surface area (Å²) >= 11 is 0. The Bertz CT molecular complexity index is 930. The highest BCUT2D eigenvalue weighted by atomic mass is 32.2. The first kappa shape index (κ1) is 20.5. The SMILES string of the molecule is CNC(=O)c1ccc(CN(C)C(=O)CNS(=O)(=O)c2cccc(F)c2)cc1. The van der Waals surface area contributed by atoms with Crippen LogP contribution in [0.25, 0.3) is 0 Å². The minimum absolute atomic E-state index is 0.210. The molecule has 0 heterocycles. The highest BCUT2D eigenvalue weighted by molar-refractivity contribution is 7.89. The van der Waals surface area contributed by atoms with Crippen LogP contribution in [-0.2, 0) is 21.4 Å². The second-order valence-corrected chi connectivity index (χ2v) is 7.57. The Morgan fingerprint density at radius 3 is 2.37 bits per heavy atom. The van der Waals surface area contributed by atoms with Crippen LogP contribution in [0.4, 0.5) is 4.39 Å². The van der Waals surface area contributed by atoms with Gasteiger partial charge in [0.2, 0.25) is 15.9 Å². The van der Waals surface area contributed by atoms with Crippen LogP contribution in [0.15, 0.2) is 53.4 Å². The minimum atomic E-state index is -3.98. The molecule has 2 rings (SSSR count). The molecule has 0 aromatic heterocycles. The van der Waals surface area contributed by atoms with E-state index in [4.69, 9.17) is 0 Å². The second-order valence-electron chi connectivity index (χ2n) is 5.81. The Balaban J connectivity index is 1.94. The van der Waals surface area contributed by atoms with E-state index < -0.39 is 28.3 Å². The van der Waals surface area contributed by atoms with E-state index in [-0.39, 0.29) is 17.3 Å². The van der Waals surface area contributed by atoms with Crippen LogP contribution < -0.4 is 10.0 Å². The maximum absolute atomic E-state index is 13.2. The van der Waals surface area contributed by atoms with Crippen molar-refractivity contribution in [1.29, 1.82) is 0 Å². The van der Waals surface area contributed by atoms with Crippen molar-refractivity contribution in [2.45, 2.75) is 11.4 Å². The van der Waals surface area contributed by atoms with E-state index in [9.17, 15) is 22.4 Å². The van der Waals surface area contributed by atoms with Gasteiger partial charge in [-0.2, -0.15) is 0 Å². The smallest absolute Gasteiger partial charge is 0.251 e. The van der Waals surface area contributed by atoms with E-state index in [2.05, 4.69) is 10.0 Å². The molecule has 0 saturated heterocycles. The molecule has 27 heavy (non-hydrogen) atoms. The lowest BCUT2D eigenvalue weighted by Crippen LogP contribution is -2.37. The second kappa shape index (κ2) is 8.74. The molecular formula is C18H20FN3O4S. The van der Waals surface area contributed by atoms with Crippen molar-refractivity contribution in [3.8, 4) is 0 Å². The Hall–Kier alpha value is -2.78. The zero-order chi connectivity index (χ0) is 20.0. The summed E-state index contributed by atoms with van der Waals surface area (Å²) in [6, 6.07) is 11.2. The van der Waals surface area contributed by atoms with Crippen molar-refractivity contribution in [3.63, 3.8) is 0 Å². The van der Waals surface area contributed by atoms with E-state index in [0.717, 1.165) is 17.7 Å². The predicted octanol–water partition coefficient (Wildman–Crippen LogP) is 1.12. The third-order valence-corrected chi connectivity index (χ3v) is 5.21. The number of hydrogen-bond donors (Lipinski definition) is 2. The van der Waals surface area contributed by atoms with Crippen molar-refractivity contribution in [1.82, 2.24) is 14.9 Å². The maximum Gasteiger partial charge on any atom is 0.251 e. The summed E-state index contributed by atoms with van der Waals surface area (Å²) in [5.41, 5.74) is 1.28. The molecule has 0 aliphatic heterocycles. The number of carbonyl (C=O) groups excluding carboxylic acids is 2. The first-order valence-electron chi connectivity index (χ1n) is 8.03. The molecule has 0 bridgehead atoms. The first-order valence-corrected chi connectivity index (χ1v) is 9.51. The van der Waals surface area contributed by atoms with Gasteiger partial charge in [0, 0.05) is 26.2 Å². The number of nitrogens with zero attached hydrogens (tertiary/aromatic N) is 1. The lowest BCUT2D eigenvalue weighted by molar-refractivity contribution is -0.129. The van der Waals surface area contributed by atoms with Gasteiger partial charge in [-0.05, 0) is 35.9 Å². The Labute approximate surface area is 157 Å². The van der Waals surface area contributed by atoms with Crippen LogP contribution in [-0.4, -0.2) is 45.8 Å². The molecule has 0 spiro atoms. The molecule has 0 fully saturated rings. The van der Waals surface area contributed by atoms with Crippen LogP contribution in [0.5, 0.6) is 0 Å². The fourth-order valence-corrected chi connectivity index (χ4v) is 3.28. The molecule has 144 valence electrons. The van der Waals surface area contributed by atoms with E-state index in [1.807, 2.05) is 0 Å². The van der Waals surface area contributed by atoms with Crippen molar-refractivity contribution in [3.05, 3.63) is 65.5 Å². The molecule has 9 heteroatoms. The van der Waals surface area contributed by atoms with Crippen LogP contribution >= 0.6 is 0 Å². The highest BCUT2D eigenvalue weighted by Crippen LogP contribution is 2.10. The molecule has 2 amide bonds. The summed E-state index contributed by atoms with van der Waals surface area (Å²) in [6.45, 7) is -0.208. The van der Waals surface area contributed by atoms with Gasteiger partial charge in [0.15, 0.2) is 0 Å². The van der Waals surface area contributed by atoms with Gasteiger partial charge in [0.05, 0.1) is 11.4 Å². The lowest BCUT2D eigenvalue weighted by Gasteiger charge is -2.18. The number of rotatable bonds is 7. The highest BCUT2D eigenvalue weighted by Gasteiger charge is 2.18. The maximum atomic E-state index is 13.2. The first-order chi connectivity index (χ1) is 12.7. The number of carbonyl (C=O) groups is 2. The van der Waals surface area contributed by atoms with E-state index in [0.29, 0.717) is 5.56 Å². The predicted molar refractivity (Wildman–Crippen MR) is 97.9 cm³/mol. The normalized spacial score (nSPS) is 11.1. The minimum Gasteiger partial charge on any atom is -0.355 e. The summed E-state index contributed by atoms with van der Waals surface area (Å²) in [4.78, 5) is 24.8. The molecule has 0 aliphatic carbocycles. The molecular weight excluding hydrogens is 373 g/mol. The fourth-order valence-electron chi connectivity index (χ4n) is 2.28. The third-order valence-electron chi connectivity index (χ3n) is 3.81. The Morgan fingerprint density at radius 2 is 1.78 bits per heavy atom. The topological polar surface area (TPSA) is 95.6 Å². The third kappa shape index (κ3) is 5.60. The van der Waals surface area contributed by atoms with Crippen LogP contribution in [0.3, 0.4) is 0 Å². The van der Waals surface area contributed by atoms with Crippen molar-refractivity contribution in [2.75, 3.05) is 20.6 Å². The van der Waals surface area contributed by atoms with E-state index in [1.54, 1.807) is 24.3 Å². The largest absolute Gasteiger partial charge is 0.355 e. The monoisotopic (exact) mass is 393 g/mol. The van der Waals surface area contributed by atoms with Gasteiger partial charge in [-0.1, -0.05) is 18.2 Å². The molecule has 0 saturated carbocycles. The summed E-state index contributed by atoms with van der Waals surface area (Å²) < 4.78 is 39.6. The molecule has 2 aromatic rings. The van der Waals surface area contributed by atoms with Crippen LogP contribution in [0, 0.1) is 5.82 Å². The summed E-state index contributed by atoms with van der Waals surface area (Å²) in [6.07, 6.45) is 0. The average Bonchev–Trinajstić information content (AvgIpc) is 2.66. The number of hydrogen-bond acceptors (Lipinski definition) is 4. The molecule has 7 nitrogen and oxygen atoms in total. The van der Waals surface area contributed by atoms with Gasteiger partial charge in [0.25, 0.3) is 5.91 Å². The van der Waals surface area contributed by atoms with E-state index in [1.165, 1.54) is 31.1 Å². The van der Waals surface area contributed by atoms with Gasteiger partial charge in [-0.25, -0.2) is 17.5 Å². The van der Waals surface area contributed by atoms with Crippen molar-refractivity contribution in [2.24, 2.45) is 0 Å². The van der Waals surface area contributed by atoms with Gasteiger partial charge in [0.1, 0.15) is 5.82 Å². The summed E-state index contributed by atoms with van der Waals surface area (Å²) in [5, 5.41) is 2.52. The van der Waals surface area contributed by atoms with Crippen molar-refractivity contribution < 1.29 is 22.4 Å². The quantitative estimate of drug-likeness (QED) is 0.737. The van der Waals surface area contributed by atoms with Gasteiger partial charge in [-0.3, -0.25) is 9.59 Å². The summed E-state index contributed by atoms with van der Waals surface area (Å²) in [7, 11) is -0.916. The van der Waals surface area contributed by atoms with Crippen LogP contribution in [0.1, 0.15) is 15.9 Å². The molecule has 0 atom stereocenters. The molecule has 2 N–H and O–H groups in total. The molecule has 0 aliphatic rings. The molecule has 2 aromatic carbocycles. The average molecular weight is 393 g/mol. The number of nitrogens with one attached hydrogen (secondary N) is 2. The van der Waals surface area contributed by atoms with E-state index >= 15 is 0 Å². The summed E-state index contributed by atoms with van der Waals surface area (Å²) in [5.74, 6) is -1.34. The van der Waals surface area contributed by atoms with Crippen molar-refractivity contribution >= 4 is 21.8 Å². The lowest BCUT2D eigenvalue weighted by atomic mass is 10.1. The Morgan fingerprint density at radius 1 is 1.11 bits per heavy atom. The Kier molecular flexibility index (Phi) is 6.65. The zero-order valence-electron chi connectivity index (χ0n) is 14.9. The van der Waals surface area contributed by atoms with Gasteiger partial charge in [-0.15, -0.1) is 0 Å². The van der Waals surface area contributed by atoms with Gasteiger partial charge >= 0.3 is 0 Å². The number of likely N-dealkylation sites (N-methyl/N-ethyl adjacent to an activating group) is 1. The number of halogens is 1. The van der Waals surface area contributed by atoms with Crippen LogP contribution in [0.2, 0.25) is 0 Å². The molecule has 0 radical (unpaired) electrons.